The highest BCUT2D eigenvalue weighted by Crippen LogP contribution is 2.44. The van der Waals surface area contributed by atoms with Gasteiger partial charge in [-0.15, -0.1) is 0 Å². The van der Waals surface area contributed by atoms with E-state index in [1.807, 2.05) is 42.5 Å². The third kappa shape index (κ3) is 4.49. The second kappa shape index (κ2) is 9.50. The highest BCUT2D eigenvalue weighted by atomic mass is 16.5. The van der Waals surface area contributed by atoms with Crippen LogP contribution in [0.25, 0.3) is 0 Å². The fourth-order valence-electron chi connectivity index (χ4n) is 4.94. The van der Waals surface area contributed by atoms with Gasteiger partial charge in [-0.3, -0.25) is 4.79 Å². The second-order valence-corrected chi connectivity index (χ2v) is 8.81. The van der Waals surface area contributed by atoms with Crippen molar-refractivity contribution in [2.45, 2.75) is 45.3 Å². The van der Waals surface area contributed by atoms with E-state index in [4.69, 9.17) is 4.74 Å². The van der Waals surface area contributed by atoms with E-state index in [1.165, 1.54) is 17.0 Å². The van der Waals surface area contributed by atoms with E-state index < -0.39 is 0 Å². The first-order chi connectivity index (χ1) is 16.2. The molecule has 1 unspecified atom stereocenters. The van der Waals surface area contributed by atoms with E-state index in [-0.39, 0.29) is 11.7 Å². The summed E-state index contributed by atoms with van der Waals surface area (Å²) in [6.07, 6.45) is 4.71. The number of ketones is 1. The molecule has 2 aliphatic rings. The Hall–Kier alpha value is -3.59. The van der Waals surface area contributed by atoms with Crippen molar-refractivity contribution in [3.8, 4) is 5.75 Å². The number of hydrogen-bond donors (Lipinski definition) is 0. The second-order valence-electron chi connectivity index (χ2n) is 8.81. The average molecular weight is 436 g/mol. The molecule has 33 heavy (non-hydrogen) atoms. The van der Waals surface area contributed by atoms with Crippen LogP contribution >= 0.6 is 0 Å². The molecule has 0 spiro atoms. The number of para-hydroxylation sites is 1. The Labute approximate surface area is 196 Å². The topological polar surface area (TPSA) is 29.5 Å². The quantitative estimate of drug-likeness (QED) is 0.428. The summed E-state index contributed by atoms with van der Waals surface area (Å²) >= 11 is 0. The molecule has 0 radical (unpaired) electrons. The monoisotopic (exact) mass is 435 g/mol. The largest absolute Gasteiger partial charge is 0.489 e. The van der Waals surface area contributed by atoms with Crippen LogP contribution in [0, 0.1) is 0 Å². The van der Waals surface area contributed by atoms with E-state index in [1.54, 1.807) is 0 Å². The van der Waals surface area contributed by atoms with Gasteiger partial charge in [-0.1, -0.05) is 84.9 Å². The van der Waals surface area contributed by atoms with Gasteiger partial charge < -0.3 is 9.64 Å². The van der Waals surface area contributed by atoms with Crippen LogP contribution in [0.15, 0.2) is 108 Å². The lowest BCUT2D eigenvalue weighted by Gasteiger charge is -2.39. The van der Waals surface area contributed by atoms with Crippen molar-refractivity contribution in [2.75, 3.05) is 0 Å². The molecule has 3 aromatic rings. The van der Waals surface area contributed by atoms with Gasteiger partial charge in [-0.05, 0) is 37.0 Å². The van der Waals surface area contributed by atoms with Crippen LogP contribution in [0.3, 0.4) is 0 Å². The van der Waals surface area contributed by atoms with Crippen LogP contribution in [-0.4, -0.2) is 10.7 Å². The maximum absolute atomic E-state index is 13.3. The number of benzene rings is 3. The smallest absolute Gasteiger partial charge is 0.161 e. The van der Waals surface area contributed by atoms with Crippen molar-refractivity contribution < 1.29 is 9.53 Å². The lowest BCUT2D eigenvalue weighted by molar-refractivity contribution is -0.116. The highest BCUT2D eigenvalue weighted by Gasteiger charge is 2.35. The molecule has 1 heterocycles. The van der Waals surface area contributed by atoms with Crippen molar-refractivity contribution in [3.63, 3.8) is 0 Å². The van der Waals surface area contributed by atoms with E-state index in [0.29, 0.717) is 13.0 Å². The first kappa shape index (κ1) is 21.3. The molecule has 3 heteroatoms. The van der Waals surface area contributed by atoms with Gasteiger partial charge in [0.2, 0.25) is 0 Å². The summed E-state index contributed by atoms with van der Waals surface area (Å²) in [5.41, 5.74) is 6.76. The van der Waals surface area contributed by atoms with Gasteiger partial charge in [0.15, 0.2) is 5.78 Å². The predicted molar refractivity (Wildman–Crippen MR) is 132 cm³/mol. The third-order valence-corrected chi connectivity index (χ3v) is 6.57. The molecule has 0 saturated heterocycles. The Balaban J connectivity index is 1.50. The Kier molecular flexibility index (Phi) is 6.12. The van der Waals surface area contributed by atoms with Gasteiger partial charge in [0, 0.05) is 41.4 Å². The zero-order valence-electron chi connectivity index (χ0n) is 19.0. The van der Waals surface area contributed by atoms with Gasteiger partial charge in [0.05, 0.1) is 0 Å². The Bertz CT molecular complexity index is 1190. The number of nitrogens with zero attached hydrogens (tertiary/aromatic N) is 1. The molecule has 0 amide bonds. The van der Waals surface area contributed by atoms with Crippen LogP contribution in [0.5, 0.6) is 5.75 Å². The van der Waals surface area contributed by atoms with Gasteiger partial charge in [-0.2, -0.15) is 0 Å². The highest BCUT2D eigenvalue weighted by molar-refractivity contribution is 5.99. The minimum atomic E-state index is -0.0770. The van der Waals surface area contributed by atoms with Gasteiger partial charge in [-0.25, -0.2) is 0 Å². The van der Waals surface area contributed by atoms with E-state index in [9.17, 15) is 4.79 Å². The number of Topliss-reactive ketones (excluding diaryl/α,β-unsaturated/α-hetero) is 1. The molecule has 1 atom stereocenters. The zero-order chi connectivity index (χ0) is 22.6. The van der Waals surface area contributed by atoms with Crippen molar-refractivity contribution in [1.82, 2.24) is 4.90 Å². The maximum Gasteiger partial charge on any atom is 0.161 e. The Morgan fingerprint density at radius 1 is 0.848 bits per heavy atom. The standard InChI is InChI=1S/C30H29NO2/c1-22-19-26(25-15-8-9-18-29(25)33-21-24-13-6-3-7-14-24)30-27(16-10-17-28(30)32)31(22)20-23-11-4-2-5-12-23/h2-9,11-15,18-19,26H,10,16-17,20-21H2,1H3. The summed E-state index contributed by atoms with van der Waals surface area (Å²) < 4.78 is 6.27. The molecule has 1 aliphatic heterocycles. The van der Waals surface area contributed by atoms with Gasteiger partial charge >= 0.3 is 0 Å². The molecule has 3 aromatic carbocycles. The molecule has 0 bridgehead atoms. The maximum atomic E-state index is 13.3. The summed E-state index contributed by atoms with van der Waals surface area (Å²) in [6.45, 7) is 3.45. The molecule has 1 aliphatic carbocycles. The average Bonchev–Trinajstić information content (AvgIpc) is 2.86. The van der Waals surface area contributed by atoms with E-state index in [2.05, 4.69) is 60.4 Å². The first-order valence-electron chi connectivity index (χ1n) is 11.7. The van der Waals surface area contributed by atoms with Crippen molar-refractivity contribution in [2.24, 2.45) is 0 Å². The molecule has 166 valence electrons. The lowest BCUT2D eigenvalue weighted by Crippen LogP contribution is -2.32. The minimum Gasteiger partial charge on any atom is -0.489 e. The summed E-state index contributed by atoms with van der Waals surface area (Å²) in [4.78, 5) is 15.6. The molecule has 0 aromatic heterocycles. The summed E-state index contributed by atoms with van der Waals surface area (Å²) in [6, 6.07) is 28.9. The predicted octanol–water partition coefficient (Wildman–Crippen LogP) is 6.78. The number of ether oxygens (including phenoxy) is 1. The lowest BCUT2D eigenvalue weighted by atomic mass is 9.78. The third-order valence-electron chi connectivity index (χ3n) is 6.57. The van der Waals surface area contributed by atoms with E-state index in [0.717, 1.165) is 41.8 Å². The number of carbonyl (C=O) groups is 1. The number of allylic oxidation sites excluding steroid dienone is 4. The minimum absolute atomic E-state index is 0.0770. The summed E-state index contributed by atoms with van der Waals surface area (Å²) in [7, 11) is 0. The van der Waals surface area contributed by atoms with Crippen LogP contribution in [0.4, 0.5) is 0 Å². The normalized spacial score (nSPS) is 18.1. The molecular weight excluding hydrogens is 406 g/mol. The van der Waals surface area contributed by atoms with E-state index >= 15 is 0 Å². The molecule has 5 rings (SSSR count). The van der Waals surface area contributed by atoms with Crippen LogP contribution < -0.4 is 4.74 Å². The Morgan fingerprint density at radius 3 is 2.27 bits per heavy atom. The SMILES string of the molecule is CC1=CC(c2ccccc2OCc2ccccc2)C2=C(CCCC2=O)N1Cc1ccccc1. The molecular formula is C30H29NO2. The molecule has 0 saturated carbocycles. The van der Waals surface area contributed by atoms with Crippen LogP contribution in [0.1, 0.15) is 48.8 Å². The number of hydrogen-bond acceptors (Lipinski definition) is 3. The Morgan fingerprint density at radius 2 is 1.52 bits per heavy atom. The molecule has 0 N–H and O–H groups in total. The zero-order valence-corrected chi connectivity index (χ0v) is 19.0. The van der Waals surface area contributed by atoms with Gasteiger partial charge in [0.25, 0.3) is 0 Å². The van der Waals surface area contributed by atoms with Gasteiger partial charge in [0.1, 0.15) is 12.4 Å². The van der Waals surface area contributed by atoms with Crippen molar-refractivity contribution in [1.29, 1.82) is 0 Å². The first-order valence-corrected chi connectivity index (χ1v) is 11.7. The molecule has 0 fully saturated rings. The summed E-state index contributed by atoms with van der Waals surface area (Å²) in [5.74, 6) is 1.03. The fourth-order valence-corrected chi connectivity index (χ4v) is 4.94. The van der Waals surface area contributed by atoms with Crippen molar-refractivity contribution >= 4 is 5.78 Å². The summed E-state index contributed by atoms with van der Waals surface area (Å²) in [5, 5.41) is 0. The number of rotatable bonds is 6. The molecule has 3 nitrogen and oxygen atoms in total. The van der Waals surface area contributed by atoms with Crippen LogP contribution in [-0.2, 0) is 17.9 Å². The van der Waals surface area contributed by atoms with Crippen LogP contribution in [0.2, 0.25) is 0 Å². The fraction of sp³-hybridized carbons (Fsp3) is 0.233. The van der Waals surface area contributed by atoms with Crippen molar-refractivity contribution in [3.05, 3.63) is 125 Å². The number of carbonyl (C=O) groups excluding carboxylic acids is 1.